The molecule has 0 amide bonds. The molecular formula is C15H16N2O6. The van der Waals surface area contributed by atoms with Gasteiger partial charge in [-0.25, -0.2) is 4.79 Å². The molecule has 1 aromatic carbocycles. The second-order valence-corrected chi connectivity index (χ2v) is 4.47. The van der Waals surface area contributed by atoms with E-state index in [1.54, 1.807) is 6.92 Å². The third-order valence-corrected chi connectivity index (χ3v) is 3.07. The van der Waals surface area contributed by atoms with Gasteiger partial charge in [0.05, 0.1) is 37.1 Å². The molecule has 1 N–H and O–H groups in total. The summed E-state index contributed by atoms with van der Waals surface area (Å²) in [5.74, 6) is 0.334. The number of nitro groups is 1. The highest BCUT2D eigenvalue weighted by Gasteiger charge is 2.17. The Hall–Kier alpha value is -3.03. The zero-order valence-electron chi connectivity index (χ0n) is 12.7. The fourth-order valence-electron chi connectivity index (χ4n) is 1.99. The first-order valence-corrected chi connectivity index (χ1v) is 6.86. The Balaban J connectivity index is 2.18. The molecule has 0 spiro atoms. The molecule has 0 unspecified atom stereocenters. The van der Waals surface area contributed by atoms with Gasteiger partial charge in [-0.05, 0) is 19.1 Å². The highest BCUT2D eigenvalue weighted by atomic mass is 16.6. The minimum Gasteiger partial charge on any atom is -0.495 e. The van der Waals surface area contributed by atoms with E-state index in [1.807, 2.05) is 0 Å². The molecule has 0 radical (unpaired) electrons. The second kappa shape index (κ2) is 7.30. The fraction of sp³-hybridized carbons (Fsp3) is 0.267. The first-order valence-electron chi connectivity index (χ1n) is 6.86. The topological polar surface area (TPSA) is 104 Å². The predicted molar refractivity (Wildman–Crippen MR) is 81.6 cm³/mol. The van der Waals surface area contributed by atoms with E-state index in [9.17, 15) is 14.9 Å². The smallest absolute Gasteiger partial charge is 0.341 e. The van der Waals surface area contributed by atoms with Crippen molar-refractivity contribution in [3.63, 3.8) is 0 Å². The number of furan rings is 1. The van der Waals surface area contributed by atoms with Gasteiger partial charge >= 0.3 is 5.97 Å². The van der Waals surface area contributed by atoms with Crippen LogP contribution in [0, 0.1) is 10.1 Å². The number of nitrogens with zero attached hydrogens (tertiary/aromatic N) is 1. The van der Waals surface area contributed by atoms with Crippen molar-refractivity contribution in [3.05, 3.63) is 52.0 Å². The van der Waals surface area contributed by atoms with E-state index in [2.05, 4.69) is 5.32 Å². The highest BCUT2D eigenvalue weighted by Crippen LogP contribution is 2.29. The standard InChI is InChI=1S/C15H16N2O6/c1-3-22-15(18)11-6-7-23-14(11)9-16-12-8-10(17(19)20)4-5-13(12)21-2/h4-8,16H,3,9H2,1-2H3. The Morgan fingerprint density at radius 2 is 2.17 bits per heavy atom. The summed E-state index contributed by atoms with van der Waals surface area (Å²) in [5.41, 5.74) is 0.662. The molecule has 2 rings (SSSR count). The van der Waals surface area contributed by atoms with Crippen molar-refractivity contribution in [2.24, 2.45) is 0 Å². The quantitative estimate of drug-likeness (QED) is 0.475. The monoisotopic (exact) mass is 320 g/mol. The lowest BCUT2D eigenvalue weighted by molar-refractivity contribution is -0.384. The van der Waals surface area contributed by atoms with Crippen LogP contribution in [0.3, 0.4) is 0 Å². The number of rotatable bonds is 7. The second-order valence-electron chi connectivity index (χ2n) is 4.47. The van der Waals surface area contributed by atoms with Crippen LogP contribution >= 0.6 is 0 Å². The summed E-state index contributed by atoms with van der Waals surface area (Å²) in [6, 6.07) is 5.71. The van der Waals surface area contributed by atoms with E-state index >= 15 is 0 Å². The van der Waals surface area contributed by atoms with Gasteiger partial charge in [0.15, 0.2) is 0 Å². The molecule has 0 bridgehead atoms. The van der Waals surface area contributed by atoms with Crippen LogP contribution in [0.25, 0.3) is 0 Å². The van der Waals surface area contributed by atoms with Crippen LogP contribution in [0.1, 0.15) is 23.0 Å². The number of esters is 1. The van der Waals surface area contributed by atoms with Crippen LogP contribution in [0.15, 0.2) is 34.9 Å². The Labute approximate surface area is 132 Å². The lowest BCUT2D eigenvalue weighted by Crippen LogP contribution is -2.09. The van der Waals surface area contributed by atoms with Gasteiger partial charge in [-0.3, -0.25) is 10.1 Å². The number of hydrogen-bond donors (Lipinski definition) is 1. The van der Waals surface area contributed by atoms with E-state index in [0.29, 0.717) is 22.8 Å². The number of ether oxygens (including phenoxy) is 2. The number of nitro benzene ring substituents is 1. The SMILES string of the molecule is CCOC(=O)c1ccoc1CNc1cc([N+](=O)[O-])ccc1OC. The number of nitrogens with one attached hydrogen (secondary N) is 1. The van der Waals surface area contributed by atoms with Crippen molar-refractivity contribution in [2.45, 2.75) is 13.5 Å². The largest absolute Gasteiger partial charge is 0.495 e. The van der Waals surface area contributed by atoms with Crippen molar-refractivity contribution in [1.29, 1.82) is 0 Å². The predicted octanol–water partition coefficient (Wildman–Crippen LogP) is 2.99. The van der Waals surface area contributed by atoms with Crippen LogP contribution in [-0.4, -0.2) is 24.6 Å². The first kappa shape index (κ1) is 16.3. The lowest BCUT2D eigenvalue weighted by Gasteiger charge is -2.10. The van der Waals surface area contributed by atoms with Gasteiger partial charge in [-0.15, -0.1) is 0 Å². The Kier molecular flexibility index (Phi) is 5.19. The Bertz CT molecular complexity index is 710. The molecule has 1 heterocycles. The molecular weight excluding hydrogens is 304 g/mol. The summed E-state index contributed by atoms with van der Waals surface area (Å²) in [6.07, 6.45) is 1.38. The molecule has 0 aliphatic carbocycles. The van der Waals surface area contributed by atoms with Gasteiger partial charge < -0.3 is 19.2 Å². The first-order chi connectivity index (χ1) is 11.1. The molecule has 0 atom stereocenters. The third-order valence-electron chi connectivity index (χ3n) is 3.07. The van der Waals surface area contributed by atoms with Gasteiger partial charge in [-0.1, -0.05) is 0 Å². The molecule has 0 saturated heterocycles. The maximum absolute atomic E-state index is 11.8. The molecule has 8 heteroatoms. The van der Waals surface area contributed by atoms with Crippen molar-refractivity contribution >= 4 is 17.3 Å². The maximum Gasteiger partial charge on any atom is 0.341 e. The molecule has 2 aromatic rings. The van der Waals surface area contributed by atoms with Crippen molar-refractivity contribution in [2.75, 3.05) is 19.0 Å². The summed E-state index contributed by atoms with van der Waals surface area (Å²) in [4.78, 5) is 22.1. The molecule has 23 heavy (non-hydrogen) atoms. The summed E-state index contributed by atoms with van der Waals surface area (Å²) in [7, 11) is 1.46. The molecule has 8 nitrogen and oxygen atoms in total. The average Bonchev–Trinajstić information content (AvgIpc) is 3.01. The van der Waals surface area contributed by atoms with Crippen LogP contribution in [0.4, 0.5) is 11.4 Å². The van der Waals surface area contributed by atoms with Gasteiger partial charge in [0.25, 0.3) is 5.69 Å². The number of carbonyl (C=O) groups is 1. The molecule has 0 aliphatic rings. The summed E-state index contributed by atoms with van der Waals surface area (Å²) in [5, 5.41) is 13.8. The number of hydrogen-bond acceptors (Lipinski definition) is 7. The summed E-state index contributed by atoms with van der Waals surface area (Å²) >= 11 is 0. The molecule has 122 valence electrons. The number of carbonyl (C=O) groups excluding carboxylic acids is 1. The Morgan fingerprint density at radius 1 is 1.39 bits per heavy atom. The molecule has 0 aliphatic heterocycles. The minimum absolute atomic E-state index is 0.0710. The van der Waals surface area contributed by atoms with Gasteiger partial charge in [0.2, 0.25) is 0 Å². The van der Waals surface area contributed by atoms with E-state index in [0.717, 1.165) is 0 Å². The van der Waals surface area contributed by atoms with E-state index in [-0.39, 0.29) is 18.8 Å². The van der Waals surface area contributed by atoms with Gasteiger partial charge in [0, 0.05) is 12.1 Å². The van der Waals surface area contributed by atoms with Crippen molar-refractivity contribution < 1.29 is 23.6 Å². The van der Waals surface area contributed by atoms with Crippen molar-refractivity contribution in [3.8, 4) is 5.75 Å². The molecule has 0 saturated carbocycles. The van der Waals surface area contributed by atoms with Gasteiger partial charge in [0.1, 0.15) is 17.1 Å². The number of anilines is 1. The van der Waals surface area contributed by atoms with E-state index < -0.39 is 10.9 Å². The van der Waals surface area contributed by atoms with Crippen LogP contribution < -0.4 is 10.1 Å². The zero-order chi connectivity index (χ0) is 16.8. The fourth-order valence-corrected chi connectivity index (χ4v) is 1.99. The number of non-ortho nitro benzene ring substituents is 1. The van der Waals surface area contributed by atoms with E-state index in [4.69, 9.17) is 13.9 Å². The highest BCUT2D eigenvalue weighted by molar-refractivity contribution is 5.90. The third kappa shape index (κ3) is 3.79. The Morgan fingerprint density at radius 3 is 2.83 bits per heavy atom. The van der Waals surface area contributed by atoms with Gasteiger partial charge in [-0.2, -0.15) is 0 Å². The lowest BCUT2D eigenvalue weighted by atomic mass is 10.2. The minimum atomic E-state index is -0.498. The average molecular weight is 320 g/mol. The van der Waals surface area contributed by atoms with E-state index in [1.165, 1.54) is 37.6 Å². The van der Waals surface area contributed by atoms with Crippen molar-refractivity contribution in [1.82, 2.24) is 0 Å². The van der Waals surface area contributed by atoms with Crippen LogP contribution in [0.2, 0.25) is 0 Å². The number of benzene rings is 1. The molecule has 1 aromatic heterocycles. The maximum atomic E-state index is 11.8. The zero-order valence-corrected chi connectivity index (χ0v) is 12.7. The number of methoxy groups -OCH3 is 1. The van der Waals surface area contributed by atoms with Crippen LogP contribution in [-0.2, 0) is 11.3 Å². The summed E-state index contributed by atoms with van der Waals surface area (Å²) in [6.45, 7) is 2.12. The van der Waals surface area contributed by atoms with Crippen LogP contribution in [0.5, 0.6) is 5.75 Å². The summed E-state index contributed by atoms with van der Waals surface area (Å²) < 4.78 is 15.4. The molecule has 0 fully saturated rings. The normalized spacial score (nSPS) is 10.2.